The lowest BCUT2D eigenvalue weighted by Crippen LogP contribution is -2.01. The fourth-order valence-corrected chi connectivity index (χ4v) is 3.43. The van der Waals surface area contributed by atoms with Crippen LogP contribution in [0.4, 0.5) is 0 Å². The van der Waals surface area contributed by atoms with E-state index in [1.165, 1.54) is 0 Å². The second-order valence-electron chi connectivity index (χ2n) is 7.52. The summed E-state index contributed by atoms with van der Waals surface area (Å²) < 4.78 is 0. The highest BCUT2D eigenvalue weighted by molar-refractivity contribution is 5.51. The molecular formula is C23H32O2. The number of aryl methyl sites for hydroxylation is 2. The quantitative estimate of drug-likeness (QED) is 0.645. The number of phenolic OH excluding ortho intramolecular Hbond substituents is 2. The maximum atomic E-state index is 10.8. The lowest BCUT2D eigenvalue weighted by atomic mass is 9.89. The number of rotatable bonds is 6. The highest BCUT2D eigenvalue weighted by Crippen LogP contribution is 2.37. The average molecular weight is 341 g/mol. The first-order valence-corrected chi connectivity index (χ1v) is 9.43. The van der Waals surface area contributed by atoms with Crippen molar-refractivity contribution in [3.8, 4) is 11.5 Å². The fourth-order valence-electron chi connectivity index (χ4n) is 3.43. The van der Waals surface area contributed by atoms with Gasteiger partial charge in [0.1, 0.15) is 11.5 Å². The van der Waals surface area contributed by atoms with Crippen molar-refractivity contribution >= 4 is 0 Å². The summed E-state index contributed by atoms with van der Waals surface area (Å²) in [5.41, 5.74) is 6.10. The Morgan fingerprint density at radius 3 is 1.40 bits per heavy atom. The Bertz CT molecular complexity index is 683. The Morgan fingerprint density at radius 1 is 0.720 bits per heavy atom. The molecule has 0 spiro atoms. The van der Waals surface area contributed by atoms with Gasteiger partial charge in [0.25, 0.3) is 0 Å². The smallest absolute Gasteiger partial charge is 0.122 e. The minimum atomic E-state index is 0.320. The molecule has 0 bridgehead atoms. The molecule has 0 aliphatic rings. The molecule has 0 fully saturated rings. The molecule has 0 saturated heterocycles. The van der Waals surface area contributed by atoms with Gasteiger partial charge in [-0.2, -0.15) is 0 Å². The van der Waals surface area contributed by atoms with Crippen molar-refractivity contribution in [2.24, 2.45) is 0 Å². The summed E-state index contributed by atoms with van der Waals surface area (Å²) in [6.45, 7) is 12.7. The molecule has 2 aromatic rings. The van der Waals surface area contributed by atoms with E-state index in [1.807, 2.05) is 12.1 Å². The summed E-state index contributed by atoms with van der Waals surface area (Å²) in [5.74, 6) is 1.40. The molecule has 0 aromatic heterocycles. The standard InChI is InChI=1S/C23H32O2/c1-7-16(5)20-11-14(3)9-18(22(20)24)13-19-10-15(4)12-21(23(19)25)17(6)8-2/h9-12,16-17,24-25H,7-8,13H2,1-6H3. The lowest BCUT2D eigenvalue weighted by Gasteiger charge is -2.19. The van der Waals surface area contributed by atoms with Crippen LogP contribution >= 0.6 is 0 Å². The van der Waals surface area contributed by atoms with Crippen molar-refractivity contribution in [1.29, 1.82) is 0 Å². The summed E-state index contributed by atoms with van der Waals surface area (Å²) in [4.78, 5) is 0. The van der Waals surface area contributed by atoms with E-state index in [9.17, 15) is 10.2 Å². The van der Waals surface area contributed by atoms with Gasteiger partial charge in [-0.25, -0.2) is 0 Å². The van der Waals surface area contributed by atoms with Crippen LogP contribution in [0.25, 0.3) is 0 Å². The van der Waals surface area contributed by atoms with Crippen LogP contribution in [-0.2, 0) is 6.42 Å². The molecular weight excluding hydrogens is 308 g/mol. The van der Waals surface area contributed by atoms with E-state index in [0.29, 0.717) is 29.8 Å². The predicted molar refractivity (Wildman–Crippen MR) is 106 cm³/mol. The van der Waals surface area contributed by atoms with Gasteiger partial charge >= 0.3 is 0 Å². The van der Waals surface area contributed by atoms with Crippen LogP contribution in [0.2, 0.25) is 0 Å². The first kappa shape index (κ1) is 19.4. The highest BCUT2D eigenvalue weighted by Gasteiger charge is 2.18. The third-order valence-corrected chi connectivity index (χ3v) is 5.39. The van der Waals surface area contributed by atoms with Crippen molar-refractivity contribution in [2.45, 2.75) is 72.6 Å². The molecule has 2 N–H and O–H groups in total. The monoisotopic (exact) mass is 340 g/mol. The number of phenols is 2. The van der Waals surface area contributed by atoms with Crippen LogP contribution < -0.4 is 0 Å². The van der Waals surface area contributed by atoms with Gasteiger partial charge in [-0.3, -0.25) is 0 Å². The molecule has 0 amide bonds. The predicted octanol–water partition coefficient (Wildman–Crippen LogP) is 6.33. The summed E-state index contributed by atoms with van der Waals surface area (Å²) >= 11 is 0. The van der Waals surface area contributed by atoms with Crippen LogP contribution in [0.15, 0.2) is 24.3 Å². The summed E-state index contributed by atoms with van der Waals surface area (Å²) in [6.07, 6.45) is 2.53. The van der Waals surface area contributed by atoms with Gasteiger partial charge in [-0.1, -0.05) is 63.1 Å². The van der Waals surface area contributed by atoms with Crippen LogP contribution in [0.3, 0.4) is 0 Å². The first-order valence-electron chi connectivity index (χ1n) is 9.43. The number of hydrogen-bond acceptors (Lipinski definition) is 2. The van der Waals surface area contributed by atoms with Crippen molar-refractivity contribution < 1.29 is 10.2 Å². The van der Waals surface area contributed by atoms with Gasteiger partial charge < -0.3 is 10.2 Å². The zero-order chi connectivity index (χ0) is 18.7. The third-order valence-electron chi connectivity index (χ3n) is 5.39. The van der Waals surface area contributed by atoms with Crippen LogP contribution in [0.1, 0.15) is 85.8 Å². The van der Waals surface area contributed by atoms with Gasteiger partial charge in [-0.05, 0) is 60.8 Å². The molecule has 136 valence electrons. The second-order valence-corrected chi connectivity index (χ2v) is 7.52. The van der Waals surface area contributed by atoms with Crippen LogP contribution in [-0.4, -0.2) is 10.2 Å². The van der Waals surface area contributed by atoms with Gasteiger partial charge in [0.2, 0.25) is 0 Å². The van der Waals surface area contributed by atoms with E-state index in [-0.39, 0.29) is 0 Å². The Kier molecular flexibility index (Phi) is 6.16. The molecule has 2 rings (SSSR count). The van der Waals surface area contributed by atoms with E-state index in [4.69, 9.17) is 0 Å². The third kappa shape index (κ3) is 4.18. The largest absolute Gasteiger partial charge is 0.507 e. The van der Waals surface area contributed by atoms with E-state index in [2.05, 4.69) is 53.7 Å². The van der Waals surface area contributed by atoms with Crippen LogP contribution in [0.5, 0.6) is 11.5 Å². The van der Waals surface area contributed by atoms with Gasteiger partial charge in [0, 0.05) is 6.42 Å². The van der Waals surface area contributed by atoms with Crippen molar-refractivity contribution in [3.05, 3.63) is 57.6 Å². The summed E-state index contributed by atoms with van der Waals surface area (Å²) in [6, 6.07) is 8.22. The van der Waals surface area contributed by atoms with Gasteiger partial charge in [0.15, 0.2) is 0 Å². The second kappa shape index (κ2) is 7.95. The van der Waals surface area contributed by atoms with E-state index in [0.717, 1.165) is 46.2 Å². The Hall–Kier alpha value is -1.96. The van der Waals surface area contributed by atoms with E-state index < -0.39 is 0 Å². The molecule has 0 aliphatic carbocycles. The van der Waals surface area contributed by atoms with Crippen molar-refractivity contribution in [3.63, 3.8) is 0 Å². The SMILES string of the molecule is CCC(C)c1cc(C)cc(Cc2cc(C)cc(C(C)CC)c2O)c1O. The number of aromatic hydroxyl groups is 2. The number of benzene rings is 2. The minimum Gasteiger partial charge on any atom is -0.507 e. The Balaban J connectivity index is 2.50. The van der Waals surface area contributed by atoms with Gasteiger partial charge in [0.05, 0.1) is 0 Å². The maximum absolute atomic E-state index is 10.8. The molecule has 0 aliphatic heterocycles. The molecule has 0 heterocycles. The first-order chi connectivity index (χ1) is 11.8. The maximum Gasteiger partial charge on any atom is 0.122 e. The molecule has 0 saturated carbocycles. The highest BCUT2D eigenvalue weighted by atomic mass is 16.3. The lowest BCUT2D eigenvalue weighted by molar-refractivity contribution is 0.449. The van der Waals surface area contributed by atoms with Crippen molar-refractivity contribution in [2.75, 3.05) is 0 Å². The average Bonchev–Trinajstić information content (AvgIpc) is 2.59. The number of hydrogen-bond donors (Lipinski definition) is 2. The zero-order valence-electron chi connectivity index (χ0n) is 16.5. The Labute approximate surface area is 152 Å². The molecule has 25 heavy (non-hydrogen) atoms. The molecule has 2 heteroatoms. The molecule has 2 nitrogen and oxygen atoms in total. The molecule has 0 radical (unpaired) electrons. The Morgan fingerprint density at radius 2 is 1.08 bits per heavy atom. The summed E-state index contributed by atoms with van der Waals surface area (Å²) in [5, 5.41) is 21.6. The van der Waals surface area contributed by atoms with Gasteiger partial charge in [-0.15, -0.1) is 0 Å². The normalized spacial score (nSPS) is 13.7. The van der Waals surface area contributed by atoms with E-state index in [1.54, 1.807) is 0 Å². The topological polar surface area (TPSA) is 40.5 Å². The molecule has 2 aromatic carbocycles. The molecule has 2 atom stereocenters. The van der Waals surface area contributed by atoms with E-state index >= 15 is 0 Å². The fraction of sp³-hybridized carbons (Fsp3) is 0.478. The van der Waals surface area contributed by atoms with Crippen LogP contribution in [0, 0.1) is 13.8 Å². The molecule has 2 unspecified atom stereocenters. The van der Waals surface area contributed by atoms with Crippen molar-refractivity contribution in [1.82, 2.24) is 0 Å². The summed E-state index contributed by atoms with van der Waals surface area (Å²) in [7, 11) is 0. The zero-order valence-corrected chi connectivity index (χ0v) is 16.5. The minimum absolute atomic E-state index is 0.320.